The Labute approximate surface area is 132 Å². The maximum absolute atomic E-state index is 12.4. The number of rotatable bonds is 7. The van der Waals surface area contributed by atoms with Crippen LogP contribution in [0.5, 0.6) is 0 Å². The molecule has 2 aliphatic carbocycles. The zero-order valence-corrected chi connectivity index (χ0v) is 13.2. The molecule has 120 valence electrons. The third kappa shape index (κ3) is 3.80. The molecule has 0 aromatic heterocycles. The van der Waals surface area contributed by atoms with Crippen molar-refractivity contribution in [1.82, 2.24) is 10.2 Å². The van der Waals surface area contributed by atoms with Crippen LogP contribution >= 0.6 is 0 Å². The molecule has 4 nitrogen and oxygen atoms in total. The van der Waals surface area contributed by atoms with Gasteiger partial charge in [-0.25, -0.2) is 4.79 Å². The molecule has 2 aliphatic rings. The van der Waals surface area contributed by atoms with E-state index in [2.05, 4.69) is 23.5 Å². The van der Waals surface area contributed by atoms with Crippen molar-refractivity contribution < 1.29 is 9.90 Å². The number of hydrogen-bond donors (Lipinski definition) is 2. The molecule has 1 aromatic rings. The van der Waals surface area contributed by atoms with Crippen molar-refractivity contribution in [2.45, 2.75) is 57.5 Å². The maximum atomic E-state index is 12.4. The van der Waals surface area contributed by atoms with Crippen molar-refractivity contribution in [2.75, 3.05) is 13.2 Å². The van der Waals surface area contributed by atoms with E-state index < -0.39 is 0 Å². The topological polar surface area (TPSA) is 52.6 Å². The number of hydrogen-bond acceptors (Lipinski definition) is 2. The van der Waals surface area contributed by atoms with Crippen molar-refractivity contribution in [1.29, 1.82) is 0 Å². The summed E-state index contributed by atoms with van der Waals surface area (Å²) < 4.78 is 0. The van der Waals surface area contributed by atoms with Gasteiger partial charge in [0.15, 0.2) is 0 Å². The number of unbranched alkanes of at least 4 members (excludes halogenated alkanes) is 1. The summed E-state index contributed by atoms with van der Waals surface area (Å²) in [5.41, 5.74) is 4.12. The van der Waals surface area contributed by atoms with Crippen LogP contribution in [0, 0.1) is 0 Å². The second-order valence-corrected chi connectivity index (χ2v) is 6.47. The van der Waals surface area contributed by atoms with E-state index in [0.717, 1.165) is 32.2 Å². The average molecular weight is 302 g/mol. The maximum Gasteiger partial charge on any atom is 0.317 e. The molecule has 0 spiro atoms. The first-order valence-corrected chi connectivity index (χ1v) is 8.54. The van der Waals surface area contributed by atoms with E-state index in [0.29, 0.717) is 12.6 Å². The van der Waals surface area contributed by atoms with Gasteiger partial charge < -0.3 is 15.3 Å². The number of urea groups is 1. The Morgan fingerprint density at radius 2 is 2.05 bits per heavy atom. The lowest BCUT2D eigenvalue weighted by Gasteiger charge is -2.23. The van der Waals surface area contributed by atoms with E-state index in [4.69, 9.17) is 5.11 Å². The Bertz CT molecular complexity index is 526. The van der Waals surface area contributed by atoms with Gasteiger partial charge in [0.05, 0.1) is 0 Å². The minimum atomic E-state index is 0.0425. The molecule has 2 N–H and O–H groups in total. The number of carbonyl (C=O) groups excluding carboxylic acids is 1. The van der Waals surface area contributed by atoms with Crippen LogP contribution in [0.2, 0.25) is 0 Å². The van der Waals surface area contributed by atoms with E-state index in [1.165, 1.54) is 36.0 Å². The number of amides is 2. The Morgan fingerprint density at radius 1 is 1.23 bits per heavy atom. The largest absolute Gasteiger partial charge is 0.396 e. The molecule has 1 aromatic carbocycles. The highest BCUT2D eigenvalue weighted by atomic mass is 16.3. The number of carbonyl (C=O) groups is 1. The zero-order chi connectivity index (χ0) is 15.4. The molecule has 0 bridgehead atoms. The Kier molecular flexibility index (Phi) is 4.98. The fraction of sp³-hybridized carbons (Fsp3) is 0.611. The fourth-order valence-electron chi connectivity index (χ4n) is 3.24. The number of nitrogens with zero attached hydrogens (tertiary/aromatic N) is 1. The van der Waals surface area contributed by atoms with Gasteiger partial charge >= 0.3 is 6.03 Å². The smallest absolute Gasteiger partial charge is 0.317 e. The predicted octanol–water partition coefficient (Wildman–Crippen LogP) is 2.62. The molecule has 0 saturated heterocycles. The summed E-state index contributed by atoms with van der Waals surface area (Å²) >= 11 is 0. The zero-order valence-electron chi connectivity index (χ0n) is 13.2. The molecule has 22 heavy (non-hydrogen) atoms. The third-order valence-electron chi connectivity index (χ3n) is 4.66. The van der Waals surface area contributed by atoms with Gasteiger partial charge in [-0.1, -0.05) is 18.2 Å². The molecule has 0 unspecified atom stereocenters. The van der Waals surface area contributed by atoms with Crippen molar-refractivity contribution in [2.24, 2.45) is 0 Å². The molecule has 0 radical (unpaired) electrons. The summed E-state index contributed by atoms with van der Waals surface area (Å²) in [6.07, 6.45) is 7.50. The van der Waals surface area contributed by atoms with Crippen molar-refractivity contribution >= 4 is 6.03 Å². The van der Waals surface area contributed by atoms with Gasteiger partial charge in [-0.3, -0.25) is 0 Å². The van der Waals surface area contributed by atoms with Gasteiger partial charge in [0.25, 0.3) is 0 Å². The lowest BCUT2D eigenvalue weighted by Crippen LogP contribution is -2.41. The SMILES string of the molecule is O=C(NCc1ccc2c(c1)CCC2)N(CCCCO)C1CC1. The van der Waals surface area contributed by atoms with Crippen molar-refractivity contribution in [3.05, 3.63) is 34.9 Å². The van der Waals surface area contributed by atoms with Crippen LogP contribution < -0.4 is 5.32 Å². The standard InChI is InChI=1S/C18H26N2O2/c21-11-2-1-10-20(17-8-9-17)18(22)19-13-14-6-7-15-4-3-5-16(15)12-14/h6-7,12,17,21H,1-5,8-11,13H2,(H,19,22). The number of fused-ring (bicyclic) bond motifs is 1. The number of aryl methyl sites for hydroxylation is 2. The van der Waals surface area contributed by atoms with Crippen molar-refractivity contribution in [3.8, 4) is 0 Å². The van der Waals surface area contributed by atoms with Gasteiger partial charge in [-0.15, -0.1) is 0 Å². The molecule has 0 aliphatic heterocycles. The van der Waals surface area contributed by atoms with Crippen LogP contribution in [0.15, 0.2) is 18.2 Å². The number of aliphatic hydroxyl groups excluding tert-OH is 1. The molecular formula is C18H26N2O2. The Morgan fingerprint density at radius 3 is 2.82 bits per heavy atom. The Balaban J connectivity index is 1.52. The summed E-state index contributed by atoms with van der Waals surface area (Å²) in [5.74, 6) is 0. The second-order valence-electron chi connectivity index (χ2n) is 6.47. The molecule has 3 rings (SSSR count). The monoisotopic (exact) mass is 302 g/mol. The first-order valence-electron chi connectivity index (χ1n) is 8.54. The first-order chi connectivity index (χ1) is 10.8. The first kappa shape index (κ1) is 15.3. The number of aliphatic hydroxyl groups is 1. The number of benzene rings is 1. The van der Waals surface area contributed by atoms with Crippen LogP contribution in [0.3, 0.4) is 0 Å². The van der Waals surface area contributed by atoms with E-state index >= 15 is 0 Å². The average Bonchev–Trinajstić information content (AvgIpc) is 3.26. The lowest BCUT2D eigenvalue weighted by molar-refractivity contribution is 0.190. The van der Waals surface area contributed by atoms with Crippen LogP contribution in [0.1, 0.15) is 48.8 Å². The summed E-state index contributed by atoms with van der Waals surface area (Å²) in [6, 6.07) is 7.05. The minimum absolute atomic E-state index is 0.0425. The highest BCUT2D eigenvalue weighted by Gasteiger charge is 2.31. The molecule has 4 heteroatoms. The number of nitrogens with one attached hydrogen (secondary N) is 1. The van der Waals surface area contributed by atoms with Gasteiger partial charge in [0, 0.05) is 25.7 Å². The second kappa shape index (κ2) is 7.14. The molecule has 1 saturated carbocycles. The van der Waals surface area contributed by atoms with Crippen LogP contribution in [-0.2, 0) is 19.4 Å². The van der Waals surface area contributed by atoms with Gasteiger partial charge in [-0.2, -0.15) is 0 Å². The lowest BCUT2D eigenvalue weighted by atomic mass is 10.1. The van der Waals surface area contributed by atoms with E-state index in [-0.39, 0.29) is 12.6 Å². The molecule has 1 fully saturated rings. The highest BCUT2D eigenvalue weighted by Crippen LogP contribution is 2.27. The van der Waals surface area contributed by atoms with E-state index in [1.807, 2.05) is 4.90 Å². The van der Waals surface area contributed by atoms with E-state index in [1.54, 1.807) is 0 Å². The highest BCUT2D eigenvalue weighted by molar-refractivity contribution is 5.74. The van der Waals surface area contributed by atoms with Crippen LogP contribution in [0.25, 0.3) is 0 Å². The Hall–Kier alpha value is -1.55. The summed E-state index contributed by atoms with van der Waals surface area (Å²) in [5, 5.41) is 11.9. The van der Waals surface area contributed by atoms with Gasteiger partial charge in [0.1, 0.15) is 0 Å². The summed E-state index contributed by atoms with van der Waals surface area (Å²) in [4.78, 5) is 14.3. The van der Waals surface area contributed by atoms with Crippen LogP contribution in [0.4, 0.5) is 4.79 Å². The van der Waals surface area contributed by atoms with Crippen LogP contribution in [-0.4, -0.2) is 35.2 Å². The minimum Gasteiger partial charge on any atom is -0.396 e. The summed E-state index contributed by atoms with van der Waals surface area (Å²) in [7, 11) is 0. The predicted molar refractivity (Wildman–Crippen MR) is 86.8 cm³/mol. The molecule has 2 amide bonds. The van der Waals surface area contributed by atoms with Gasteiger partial charge in [-0.05, 0) is 61.6 Å². The summed E-state index contributed by atoms with van der Waals surface area (Å²) in [6.45, 7) is 1.56. The molecular weight excluding hydrogens is 276 g/mol. The fourth-order valence-corrected chi connectivity index (χ4v) is 3.24. The molecule has 0 heterocycles. The quantitative estimate of drug-likeness (QED) is 0.761. The third-order valence-corrected chi connectivity index (χ3v) is 4.66. The van der Waals surface area contributed by atoms with E-state index in [9.17, 15) is 4.79 Å². The van der Waals surface area contributed by atoms with Gasteiger partial charge in [0.2, 0.25) is 0 Å². The normalized spacial score (nSPS) is 16.4. The molecule has 0 atom stereocenters. The van der Waals surface area contributed by atoms with Crippen molar-refractivity contribution in [3.63, 3.8) is 0 Å².